The fraction of sp³-hybridized carbons (Fsp3) is 0.696. The average molecular weight is 354 g/mol. The molecule has 5 fully saturated rings. The Kier molecular flexibility index (Phi) is 3.93. The zero-order valence-electron chi connectivity index (χ0n) is 15.9. The molecule has 1 aromatic rings. The maximum absolute atomic E-state index is 13.3. The molecule has 1 aliphatic heterocycles. The van der Waals surface area contributed by atoms with Crippen LogP contribution >= 0.6 is 0 Å². The number of aryl methyl sites for hydroxylation is 1. The third kappa shape index (κ3) is 2.70. The molecule has 26 heavy (non-hydrogen) atoms. The number of nitrogens with one attached hydrogen (secondary N) is 1. The standard InChI is InChI=1S/C23H31NO2/c1-16-4-6-19(7-5-16)22-10-17-9-18(11-22)13-23(12-17,15-22)21(25)24-14-20-3-2-8-26-20/h4-7,17-18,20H,2-3,8-15H2,1H3,(H,24,25). The first-order valence-corrected chi connectivity index (χ1v) is 10.5. The van der Waals surface area contributed by atoms with Crippen LogP contribution in [0.3, 0.4) is 0 Å². The molecule has 4 saturated carbocycles. The summed E-state index contributed by atoms with van der Waals surface area (Å²) in [4.78, 5) is 13.3. The molecule has 4 bridgehead atoms. The topological polar surface area (TPSA) is 38.3 Å². The predicted molar refractivity (Wildman–Crippen MR) is 102 cm³/mol. The second-order valence-electron chi connectivity index (χ2n) is 9.73. The molecular weight excluding hydrogens is 322 g/mol. The van der Waals surface area contributed by atoms with Gasteiger partial charge < -0.3 is 10.1 Å². The van der Waals surface area contributed by atoms with Gasteiger partial charge in [-0.05, 0) is 81.1 Å². The summed E-state index contributed by atoms with van der Waals surface area (Å²) in [7, 11) is 0. The van der Waals surface area contributed by atoms with Crippen molar-refractivity contribution in [2.24, 2.45) is 17.3 Å². The molecule has 6 rings (SSSR count). The van der Waals surface area contributed by atoms with Crippen molar-refractivity contribution in [3.05, 3.63) is 35.4 Å². The van der Waals surface area contributed by atoms with Crippen LogP contribution < -0.4 is 5.32 Å². The fourth-order valence-electron chi connectivity index (χ4n) is 6.97. The molecule has 1 saturated heterocycles. The SMILES string of the molecule is Cc1ccc(C23CC4CC(CC(C(=O)NCC5CCCO5)(C4)C2)C3)cc1. The lowest BCUT2D eigenvalue weighted by atomic mass is 9.42. The second kappa shape index (κ2) is 6.09. The van der Waals surface area contributed by atoms with E-state index in [1.807, 2.05) is 0 Å². The molecule has 4 aliphatic carbocycles. The molecule has 1 N–H and O–H groups in total. The van der Waals surface area contributed by atoms with E-state index in [0.717, 1.165) is 50.5 Å². The van der Waals surface area contributed by atoms with E-state index in [1.165, 1.54) is 30.4 Å². The van der Waals surface area contributed by atoms with Crippen LogP contribution in [-0.4, -0.2) is 25.2 Å². The van der Waals surface area contributed by atoms with Crippen LogP contribution in [-0.2, 0) is 14.9 Å². The maximum atomic E-state index is 13.3. The summed E-state index contributed by atoms with van der Waals surface area (Å²) in [5, 5.41) is 3.30. The van der Waals surface area contributed by atoms with Gasteiger partial charge in [-0.25, -0.2) is 0 Å². The quantitative estimate of drug-likeness (QED) is 0.884. The van der Waals surface area contributed by atoms with E-state index >= 15 is 0 Å². The Hall–Kier alpha value is -1.35. The third-order valence-electron chi connectivity index (χ3n) is 7.72. The van der Waals surface area contributed by atoms with Gasteiger partial charge in [-0.1, -0.05) is 29.8 Å². The van der Waals surface area contributed by atoms with Gasteiger partial charge in [-0.15, -0.1) is 0 Å². The molecule has 0 aromatic heterocycles. The number of hydrogen-bond acceptors (Lipinski definition) is 2. The van der Waals surface area contributed by atoms with Gasteiger partial charge in [0.1, 0.15) is 0 Å². The molecule has 0 spiro atoms. The zero-order chi connectivity index (χ0) is 17.8. The average Bonchev–Trinajstić information content (AvgIpc) is 3.12. The van der Waals surface area contributed by atoms with E-state index in [4.69, 9.17) is 4.74 Å². The summed E-state index contributed by atoms with van der Waals surface area (Å²) >= 11 is 0. The first kappa shape index (κ1) is 16.8. The van der Waals surface area contributed by atoms with Gasteiger partial charge in [0.2, 0.25) is 5.91 Å². The number of carbonyl (C=O) groups excluding carboxylic acids is 1. The molecule has 5 aliphatic rings. The van der Waals surface area contributed by atoms with E-state index in [0.29, 0.717) is 12.5 Å². The fourth-order valence-corrected chi connectivity index (χ4v) is 6.97. The summed E-state index contributed by atoms with van der Waals surface area (Å²) < 4.78 is 5.71. The molecule has 3 heteroatoms. The van der Waals surface area contributed by atoms with Gasteiger partial charge in [-0.3, -0.25) is 4.79 Å². The zero-order valence-corrected chi connectivity index (χ0v) is 15.9. The Morgan fingerprint density at radius 3 is 2.54 bits per heavy atom. The summed E-state index contributed by atoms with van der Waals surface area (Å²) in [5.74, 6) is 1.77. The number of ether oxygens (including phenoxy) is 1. The van der Waals surface area contributed by atoms with Crippen molar-refractivity contribution >= 4 is 5.91 Å². The van der Waals surface area contributed by atoms with Crippen molar-refractivity contribution in [2.75, 3.05) is 13.2 Å². The molecule has 1 amide bonds. The monoisotopic (exact) mass is 353 g/mol. The molecule has 0 radical (unpaired) electrons. The Bertz CT molecular complexity index is 675. The van der Waals surface area contributed by atoms with E-state index in [9.17, 15) is 4.79 Å². The normalized spacial score (nSPS) is 40.7. The van der Waals surface area contributed by atoms with Gasteiger partial charge in [0.15, 0.2) is 0 Å². The highest BCUT2D eigenvalue weighted by Crippen LogP contribution is 2.65. The maximum Gasteiger partial charge on any atom is 0.226 e. The highest BCUT2D eigenvalue weighted by atomic mass is 16.5. The van der Waals surface area contributed by atoms with E-state index < -0.39 is 0 Å². The number of amides is 1. The van der Waals surface area contributed by atoms with Crippen molar-refractivity contribution in [2.45, 2.75) is 69.8 Å². The minimum absolute atomic E-state index is 0.131. The molecule has 3 unspecified atom stereocenters. The number of carbonyl (C=O) groups is 1. The van der Waals surface area contributed by atoms with Crippen molar-refractivity contribution < 1.29 is 9.53 Å². The largest absolute Gasteiger partial charge is 0.376 e. The predicted octanol–water partition coefficient (Wildman–Crippen LogP) is 4.13. The summed E-state index contributed by atoms with van der Waals surface area (Å²) in [5.41, 5.74) is 2.91. The van der Waals surface area contributed by atoms with E-state index in [-0.39, 0.29) is 16.9 Å². The highest BCUT2D eigenvalue weighted by molar-refractivity contribution is 5.83. The van der Waals surface area contributed by atoms with Gasteiger partial charge >= 0.3 is 0 Å². The van der Waals surface area contributed by atoms with Crippen molar-refractivity contribution in [3.8, 4) is 0 Å². The summed E-state index contributed by atoms with van der Waals surface area (Å²) in [6.45, 7) is 3.71. The number of rotatable bonds is 4. The van der Waals surface area contributed by atoms with Gasteiger partial charge in [0.05, 0.1) is 11.5 Å². The molecule has 3 nitrogen and oxygen atoms in total. The van der Waals surface area contributed by atoms with E-state index in [2.05, 4.69) is 36.5 Å². The van der Waals surface area contributed by atoms with Crippen LogP contribution in [0.5, 0.6) is 0 Å². The van der Waals surface area contributed by atoms with Crippen LogP contribution in [0.2, 0.25) is 0 Å². The lowest BCUT2D eigenvalue weighted by molar-refractivity contribution is -0.149. The Balaban J connectivity index is 1.39. The van der Waals surface area contributed by atoms with Crippen LogP contribution in [0.25, 0.3) is 0 Å². The third-order valence-corrected chi connectivity index (χ3v) is 7.72. The first-order chi connectivity index (χ1) is 12.6. The Morgan fingerprint density at radius 2 is 1.88 bits per heavy atom. The smallest absolute Gasteiger partial charge is 0.226 e. The van der Waals surface area contributed by atoms with Gasteiger partial charge in [0, 0.05) is 13.2 Å². The molecule has 1 heterocycles. The van der Waals surface area contributed by atoms with Crippen LogP contribution in [0.15, 0.2) is 24.3 Å². The molecule has 140 valence electrons. The summed E-state index contributed by atoms with van der Waals surface area (Å²) in [6, 6.07) is 9.16. The van der Waals surface area contributed by atoms with Crippen molar-refractivity contribution in [1.29, 1.82) is 0 Å². The highest BCUT2D eigenvalue weighted by Gasteiger charge is 2.60. The minimum atomic E-state index is -0.131. The van der Waals surface area contributed by atoms with Crippen LogP contribution in [0.4, 0.5) is 0 Å². The second-order valence-corrected chi connectivity index (χ2v) is 9.73. The molecule has 1 aromatic carbocycles. The molecule has 3 atom stereocenters. The first-order valence-electron chi connectivity index (χ1n) is 10.5. The van der Waals surface area contributed by atoms with Gasteiger partial charge in [0.25, 0.3) is 0 Å². The van der Waals surface area contributed by atoms with Crippen LogP contribution in [0, 0.1) is 24.2 Å². The lowest BCUT2D eigenvalue weighted by Crippen LogP contribution is -2.59. The van der Waals surface area contributed by atoms with Crippen molar-refractivity contribution in [1.82, 2.24) is 5.32 Å². The van der Waals surface area contributed by atoms with Crippen molar-refractivity contribution in [3.63, 3.8) is 0 Å². The Labute approximate surface area is 156 Å². The summed E-state index contributed by atoms with van der Waals surface area (Å²) in [6.07, 6.45) is 9.63. The molecular formula is C23H31NO2. The lowest BCUT2D eigenvalue weighted by Gasteiger charge is -2.61. The minimum Gasteiger partial charge on any atom is -0.376 e. The van der Waals surface area contributed by atoms with E-state index in [1.54, 1.807) is 0 Å². The number of benzene rings is 1. The van der Waals surface area contributed by atoms with Gasteiger partial charge in [-0.2, -0.15) is 0 Å². The van der Waals surface area contributed by atoms with Crippen LogP contribution in [0.1, 0.15) is 62.5 Å². The number of hydrogen-bond donors (Lipinski definition) is 1. The Morgan fingerprint density at radius 1 is 1.15 bits per heavy atom.